The molecule has 0 unspecified atom stereocenters. The van der Waals surface area contributed by atoms with Gasteiger partial charge >= 0.3 is 0 Å². The van der Waals surface area contributed by atoms with Crippen LogP contribution in [0.4, 0.5) is 0 Å². The van der Waals surface area contributed by atoms with Gasteiger partial charge in [0.25, 0.3) is 0 Å². The molecule has 0 radical (unpaired) electrons. The van der Waals surface area contributed by atoms with Crippen molar-refractivity contribution in [3.8, 4) is 0 Å². The van der Waals surface area contributed by atoms with Gasteiger partial charge in [0.2, 0.25) is 5.91 Å². The molecular weight excluding hydrogens is 352 g/mol. The number of rotatable bonds is 5. The van der Waals surface area contributed by atoms with Crippen molar-refractivity contribution in [2.24, 2.45) is 5.73 Å². The minimum atomic E-state index is 0. The highest BCUT2D eigenvalue weighted by Crippen LogP contribution is 2.27. The molecular formula is C20H25ClN2OS. The van der Waals surface area contributed by atoms with Crippen molar-refractivity contribution in [1.29, 1.82) is 0 Å². The zero-order chi connectivity index (χ0) is 16.9. The molecule has 0 saturated carbocycles. The summed E-state index contributed by atoms with van der Waals surface area (Å²) in [4.78, 5) is 15.6. The SMILES string of the molecule is Cc1ccc(SCCC(=O)N2C[C@@H](N)[C@H](c3ccccc3)C2)cc1.Cl. The highest BCUT2D eigenvalue weighted by Gasteiger charge is 2.33. The second-order valence-electron chi connectivity index (χ2n) is 6.39. The summed E-state index contributed by atoms with van der Waals surface area (Å²) in [6.45, 7) is 3.48. The minimum absolute atomic E-state index is 0. The highest BCUT2D eigenvalue weighted by atomic mass is 35.5. The van der Waals surface area contributed by atoms with E-state index in [4.69, 9.17) is 5.73 Å². The van der Waals surface area contributed by atoms with Crippen molar-refractivity contribution in [3.05, 3.63) is 65.7 Å². The Bertz CT molecular complexity index is 678. The van der Waals surface area contributed by atoms with Gasteiger partial charge in [0.05, 0.1) is 0 Å². The quantitative estimate of drug-likeness (QED) is 0.806. The van der Waals surface area contributed by atoms with E-state index < -0.39 is 0 Å². The van der Waals surface area contributed by atoms with Crippen LogP contribution in [0.15, 0.2) is 59.5 Å². The van der Waals surface area contributed by atoms with E-state index in [1.807, 2.05) is 23.1 Å². The Kier molecular flexibility index (Phi) is 7.36. The number of hydrogen-bond acceptors (Lipinski definition) is 3. The lowest BCUT2D eigenvalue weighted by molar-refractivity contribution is -0.129. The van der Waals surface area contributed by atoms with Crippen LogP contribution >= 0.6 is 24.2 Å². The molecule has 2 N–H and O–H groups in total. The summed E-state index contributed by atoms with van der Waals surface area (Å²) in [7, 11) is 0. The van der Waals surface area contributed by atoms with E-state index in [2.05, 4.69) is 43.3 Å². The molecule has 0 aliphatic carbocycles. The first-order chi connectivity index (χ1) is 11.6. The van der Waals surface area contributed by atoms with E-state index >= 15 is 0 Å². The van der Waals surface area contributed by atoms with Crippen LogP contribution in [0.5, 0.6) is 0 Å². The maximum Gasteiger partial charge on any atom is 0.223 e. The number of carbonyl (C=O) groups excluding carboxylic acids is 1. The Hall–Kier alpha value is -1.49. The van der Waals surface area contributed by atoms with Crippen LogP contribution in [0.1, 0.15) is 23.5 Å². The average molecular weight is 377 g/mol. The fourth-order valence-electron chi connectivity index (χ4n) is 3.13. The zero-order valence-electron chi connectivity index (χ0n) is 14.4. The van der Waals surface area contributed by atoms with Crippen molar-refractivity contribution in [1.82, 2.24) is 4.90 Å². The van der Waals surface area contributed by atoms with E-state index in [1.54, 1.807) is 11.8 Å². The summed E-state index contributed by atoms with van der Waals surface area (Å²) in [5.74, 6) is 1.27. The highest BCUT2D eigenvalue weighted by molar-refractivity contribution is 7.99. The molecule has 1 aliphatic heterocycles. The van der Waals surface area contributed by atoms with Crippen LogP contribution in [0.2, 0.25) is 0 Å². The fraction of sp³-hybridized carbons (Fsp3) is 0.350. The van der Waals surface area contributed by atoms with Crippen molar-refractivity contribution in [2.45, 2.75) is 30.2 Å². The van der Waals surface area contributed by atoms with Crippen LogP contribution in [-0.4, -0.2) is 35.7 Å². The molecule has 2 atom stereocenters. The Morgan fingerprint density at radius 3 is 2.48 bits per heavy atom. The first-order valence-corrected chi connectivity index (χ1v) is 9.40. The molecule has 1 amide bonds. The van der Waals surface area contributed by atoms with Gasteiger partial charge in [0, 0.05) is 42.1 Å². The number of likely N-dealkylation sites (tertiary alicyclic amines) is 1. The van der Waals surface area contributed by atoms with Crippen molar-refractivity contribution < 1.29 is 4.79 Å². The maximum atomic E-state index is 12.5. The molecule has 1 heterocycles. The molecule has 1 aliphatic rings. The number of amides is 1. The number of nitrogens with two attached hydrogens (primary N) is 1. The molecule has 0 aromatic heterocycles. The van der Waals surface area contributed by atoms with Crippen LogP contribution in [0.3, 0.4) is 0 Å². The van der Waals surface area contributed by atoms with Crippen molar-refractivity contribution in [2.75, 3.05) is 18.8 Å². The Morgan fingerprint density at radius 2 is 1.80 bits per heavy atom. The molecule has 0 spiro atoms. The Labute approximate surface area is 160 Å². The van der Waals surface area contributed by atoms with Gasteiger partial charge in [0.1, 0.15) is 0 Å². The van der Waals surface area contributed by atoms with Gasteiger partial charge in [-0.2, -0.15) is 0 Å². The topological polar surface area (TPSA) is 46.3 Å². The summed E-state index contributed by atoms with van der Waals surface area (Å²) in [6.07, 6.45) is 0.562. The number of carbonyl (C=O) groups is 1. The van der Waals surface area contributed by atoms with Gasteiger partial charge in [-0.25, -0.2) is 0 Å². The van der Waals surface area contributed by atoms with Crippen LogP contribution in [-0.2, 0) is 4.79 Å². The number of thioether (sulfide) groups is 1. The predicted octanol–water partition coefficient (Wildman–Crippen LogP) is 3.85. The molecule has 1 fully saturated rings. The van der Waals surface area contributed by atoms with Crippen LogP contribution in [0.25, 0.3) is 0 Å². The molecule has 3 nitrogen and oxygen atoms in total. The van der Waals surface area contributed by atoms with Crippen LogP contribution in [0, 0.1) is 6.92 Å². The van der Waals surface area contributed by atoms with Gasteiger partial charge in [-0.15, -0.1) is 24.2 Å². The van der Waals surface area contributed by atoms with Gasteiger partial charge in [-0.05, 0) is 24.6 Å². The molecule has 1 saturated heterocycles. The molecule has 134 valence electrons. The summed E-state index contributed by atoms with van der Waals surface area (Å²) >= 11 is 1.74. The first kappa shape index (κ1) is 19.8. The average Bonchev–Trinajstić information content (AvgIpc) is 2.99. The monoisotopic (exact) mass is 376 g/mol. The van der Waals surface area contributed by atoms with E-state index in [0.717, 1.165) is 12.3 Å². The summed E-state index contributed by atoms with van der Waals surface area (Å²) in [6, 6.07) is 18.7. The van der Waals surface area contributed by atoms with Gasteiger partial charge < -0.3 is 10.6 Å². The minimum Gasteiger partial charge on any atom is -0.340 e. The maximum absolute atomic E-state index is 12.5. The summed E-state index contributed by atoms with van der Waals surface area (Å²) in [5, 5.41) is 0. The number of halogens is 1. The molecule has 0 bridgehead atoms. The molecule has 25 heavy (non-hydrogen) atoms. The lowest BCUT2D eigenvalue weighted by atomic mass is 9.95. The first-order valence-electron chi connectivity index (χ1n) is 8.41. The van der Waals surface area contributed by atoms with Gasteiger partial charge in [-0.3, -0.25) is 4.79 Å². The third-order valence-corrected chi connectivity index (χ3v) is 5.56. The molecule has 2 aromatic rings. The van der Waals surface area contributed by atoms with Crippen LogP contribution < -0.4 is 5.73 Å². The van der Waals surface area contributed by atoms with E-state index in [0.29, 0.717) is 13.0 Å². The number of hydrogen-bond donors (Lipinski definition) is 1. The largest absolute Gasteiger partial charge is 0.340 e. The smallest absolute Gasteiger partial charge is 0.223 e. The second kappa shape index (κ2) is 9.27. The predicted molar refractivity (Wildman–Crippen MR) is 108 cm³/mol. The van der Waals surface area contributed by atoms with E-state index in [-0.39, 0.29) is 30.3 Å². The lowest BCUT2D eigenvalue weighted by Crippen LogP contribution is -2.32. The number of nitrogens with zero attached hydrogens (tertiary/aromatic N) is 1. The molecule has 2 aromatic carbocycles. The number of aryl methyl sites for hydroxylation is 1. The van der Waals surface area contributed by atoms with E-state index in [1.165, 1.54) is 16.0 Å². The molecule has 5 heteroatoms. The third-order valence-electron chi connectivity index (χ3n) is 4.55. The summed E-state index contributed by atoms with van der Waals surface area (Å²) in [5.41, 5.74) is 8.76. The van der Waals surface area contributed by atoms with Crippen molar-refractivity contribution in [3.63, 3.8) is 0 Å². The Balaban J connectivity index is 0.00000225. The third kappa shape index (κ3) is 5.24. The zero-order valence-corrected chi connectivity index (χ0v) is 16.1. The normalized spacial score (nSPS) is 19.5. The fourth-order valence-corrected chi connectivity index (χ4v) is 3.98. The Morgan fingerprint density at radius 1 is 1.12 bits per heavy atom. The standard InChI is InChI=1S/C20H24N2OS.ClH/c1-15-7-9-17(10-8-15)24-12-11-20(23)22-13-18(19(21)14-22)16-5-3-2-4-6-16;/h2-10,18-19H,11-14,21H2,1H3;1H/t18-,19+;/m0./s1. The number of benzene rings is 2. The second-order valence-corrected chi connectivity index (χ2v) is 7.56. The van der Waals surface area contributed by atoms with Gasteiger partial charge in [0.15, 0.2) is 0 Å². The van der Waals surface area contributed by atoms with E-state index in [9.17, 15) is 4.79 Å². The van der Waals surface area contributed by atoms with Crippen molar-refractivity contribution >= 4 is 30.1 Å². The summed E-state index contributed by atoms with van der Waals surface area (Å²) < 4.78 is 0. The molecule has 3 rings (SSSR count). The lowest BCUT2D eigenvalue weighted by Gasteiger charge is -2.16. The van der Waals surface area contributed by atoms with Gasteiger partial charge in [-0.1, -0.05) is 48.0 Å².